The molecule has 4 nitrogen and oxygen atoms in total. The monoisotopic (exact) mass is 394 g/mol. The van der Waals surface area contributed by atoms with Gasteiger partial charge in [-0.3, -0.25) is 0 Å². The molecule has 2 aromatic rings. The van der Waals surface area contributed by atoms with E-state index in [0.717, 1.165) is 15.6 Å². The number of anilines is 1. The minimum Gasteiger partial charge on any atom is -0.378 e. The van der Waals surface area contributed by atoms with Gasteiger partial charge in [-0.05, 0) is 58.1 Å². The molecule has 1 heterocycles. The summed E-state index contributed by atoms with van der Waals surface area (Å²) in [7, 11) is -3.69. The highest BCUT2D eigenvalue weighted by molar-refractivity contribution is 9.10. The summed E-state index contributed by atoms with van der Waals surface area (Å²) in [6.45, 7) is 2.00. The Bertz CT molecular complexity index is 731. The summed E-state index contributed by atoms with van der Waals surface area (Å²) in [6, 6.07) is 6.57. The van der Waals surface area contributed by atoms with E-state index in [2.05, 4.69) is 21.2 Å². The van der Waals surface area contributed by atoms with Crippen LogP contribution in [0.2, 0.25) is 4.34 Å². The van der Waals surface area contributed by atoms with Crippen molar-refractivity contribution in [2.75, 3.05) is 5.32 Å². The molecule has 0 aliphatic heterocycles. The van der Waals surface area contributed by atoms with Crippen molar-refractivity contribution >= 4 is 54.6 Å². The van der Waals surface area contributed by atoms with Crippen molar-refractivity contribution in [2.45, 2.75) is 17.9 Å². The number of halogens is 2. The molecule has 2 rings (SSSR count). The van der Waals surface area contributed by atoms with E-state index in [1.165, 1.54) is 23.5 Å². The van der Waals surface area contributed by atoms with Gasteiger partial charge in [0.1, 0.15) is 0 Å². The average Bonchev–Trinajstić information content (AvgIpc) is 2.77. The van der Waals surface area contributed by atoms with Crippen molar-refractivity contribution in [1.29, 1.82) is 0 Å². The van der Waals surface area contributed by atoms with Crippen molar-refractivity contribution in [3.8, 4) is 0 Å². The quantitative estimate of drug-likeness (QED) is 0.822. The number of thiophene rings is 1. The Morgan fingerprint density at radius 1 is 1.40 bits per heavy atom. The second-order valence-corrected chi connectivity index (χ2v) is 8.20. The molecule has 0 aliphatic carbocycles. The maximum absolute atomic E-state index is 11.3. The molecule has 8 heteroatoms. The molecule has 0 fully saturated rings. The van der Waals surface area contributed by atoms with E-state index in [1.807, 2.05) is 18.4 Å². The largest absolute Gasteiger partial charge is 0.378 e. The van der Waals surface area contributed by atoms with E-state index in [9.17, 15) is 8.42 Å². The first kappa shape index (κ1) is 15.8. The van der Waals surface area contributed by atoms with Gasteiger partial charge in [0, 0.05) is 16.2 Å². The van der Waals surface area contributed by atoms with Crippen molar-refractivity contribution in [3.63, 3.8) is 0 Å². The number of nitrogens with two attached hydrogens (primary N) is 1. The van der Waals surface area contributed by atoms with Crippen molar-refractivity contribution < 1.29 is 8.42 Å². The minimum atomic E-state index is -3.69. The average molecular weight is 396 g/mol. The number of hydrogen-bond donors (Lipinski definition) is 2. The van der Waals surface area contributed by atoms with Crippen LogP contribution < -0.4 is 10.5 Å². The third-order valence-corrected chi connectivity index (χ3v) is 5.41. The Balaban J connectivity index is 2.22. The molecular weight excluding hydrogens is 384 g/mol. The van der Waals surface area contributed by atoms with Crippen LogP contribution >= 0.6 is 38.9 Å². The molecule has 0 saturated heterocycles. The normalized spacial score (nSPS) is 13.2. The van der Waals surface area contributed by atoms with Gasteiger partial charge in [-0.1, -0.05) is 11.6 Å². The second-order valence-electron chi connectivity index (χ2n) is 4.24. The summed E-state index contributed by atoms with van der Waals surface area (Å²) < 4.78 is 23.9. The fourth-order valence-corrected chi connectivity index (χ4v) is 3.83. The minimum absolute atomic E-state index is 0.0513. The van der Waals surface area contributed by atoms with E-state index < -0.39 is 10.0 Å². The first-order chi connectivity index (χ1) is 9.27. The van der Waals surface area contributed by atoms with E-state index in [0.29, 0.717) is 4.47 Å². The molecule has 0 saturated carbocycles. The zero-order valence-electron chi connectivity index (χ0n) is 10.4. The maximum Gasteiger partial charge on any atom is 0.238 e. The van der Waals surface area contributed by atoms with Gasteiger partial charge < -0.3 is 5.32 Å². The van der Waals surface area contributed by atoms with Crippen LogP contribution in [-0.2, 0) is 10.0 Å². The zero-order chi connectivity index (χ0) is 14.9. The summed E-state index contributed by atoms with van der Waals surface area (Å²) in [5, 5.41) is 10.4. The van der Waals surface area contributed by atoms with Crippen LogP contribution in [0.5, 0.6) is 0 Å². The van der Waals surface area contributed by atoms with Gasteiger partial charge in [-0.25, -0.2) is 13.6 Å². The molecule has 108 valence electrons. The third-order valence-electron chi connectivity index (χ3n) is 2.73. The highest BCUT2D eigenvalue weighted by atomic mass is 79.9. The van der Waals surface area contributed by atoms with Gasteiger partial charge in [-0.2, -0.15) is 0 Å². The van der Waals surface area contributed by atoms with Crippen LogP contribution in [0.15, 0.2) is 39.0 Å². The van der Waals surface area contributed by atoms with E-state index in [1.54, 1.807) is 6.07 Å². The van der Waals surface area contributed by atoms with Gasteiger partial charge in [0.15, 0.2) is 0 Å². The maximum atomic E-state index is 11.3. The lowest BCUT2D eigenvalue weighted by atomic mass is 10.1. The predicted octanol–water partition coefficient (Wildman–Crippen LogP) is 3.98. The lowest BCUT2D eigenvalue weighted by Gasteiger charge is -2.16. The molecule has 1 aromatic carbocycles. The Morgan fingerprint density at radius 2 is 2.10 bits per heavy atom. The number of primary sulfonamides is 1. The Hall–Kier alpha value is -0.600. The van der Waals surface area contributed by atoms with Gasteiger partial charge in [0.2, 0.25) is 10.0 Å². The Kier molecular flexibility index (Phi) is 4.76. The molecule has 1 unspecified atom stereocenters. The topological polar surface area (TPSA) is 72.2 Å². The van der Waals surface area contributed by atoms with Crippen LogP contribution in [0.25, 0.3) is 0 Å². The first-order valence-electron chi connectivity index (χ1n) is 5.60. The number of nitrogens with one attached hydrogen (secondary N) is 1. The summed E-state index contributed by atoms with van der Waals surface area (Å²) in [6.07, 6.45) is 0. The lowest BCUT2D eigenvalue weighted by molar-refractivity contribution is 0.598. The molecule has 0 amide bonds. The second kappa shape index (κ2) is 6.03. The molecule has 1 atom stereocenters. The van der Waals surface area contributed by atoms with E-state index in [4.69, 9.17) is 16.7 Å². The fourth-order valence-electron chi connectivity index (χ4n) is 1.66. The van der Waals surface area contributed by atoms with Gasteiger partial charge >= 0.3 is 0 Å². The van der Waals surface area contributed by atoms with E-state index in [-0.39, 0.29) is 10.9 Å². The van der Waals surface area contributed by atoms with Crippen LogP contribution in [0.1, 0.15) is 18.5 Å². The Labute approximate surface area is 135 Å². The standard InChI is InChI=1S/C12H12BrClN2O2S2/c1-7(8-4-12(14)19-6-8)16-11-3-2-9(5-10(11)13)20(15,17)18/h2-7,16H,1H3,(H2,15,17,18). The lowest BCUT2D eigenvalue weighted by Crippen LogP contribution is -2.12. The highest BCUT2D eigenvalue weighted by Gasteiger charge is 2.13. The zero-order valence-corrected chi connectivity index (χ0v) is 14.4. The highest BCUT2D eigenvalue weighted by Crippen LogP contribution is 2.31. The third kappa shape index (κ3) is 3.73. The molecule has 0 bridgehead atoms. The fraction of sp³-hybridized carbons (Fsp3) is 0.167. The molecule has 0 aliphatic rings. The number of benzene rings is 1. The predicted molar refractivity (Wildman–Crippen MR) is 86.9 cm³/mol. The Morgan fingerprint density at radius 3 is 2.60 bits per heavy atom. The number of sulfonamides is 1. The van der Waals surface area contributed by atoms with E-state index >= 15 is 0 Å². The molecule has 0 radical (unpaired) electrons. The van der Waals surface area contributed by atoms with Gasteiger partial charge in [-0.15, -0.1) is 11.3 Å². The smallest absolute Gasteiger partial charge is 0.238 e. The first-order valence-corrected chi connectivity index (χ1v) is 9.20. The van der Waals surface area contributed by atoms with Crippen LogP contribution in [-0.4, -0.2) is 8.42 Å². The van der Waals surface area contributed by atoms with Gasteiger partial charge in [0.25, 0.3) is 0 Å². The molecular formula is C12H12BrClN2O2S2. The SMILES string of the molecule is CC(Nc1ccc(S(N)(=O)=O)cc1Br)c1csc(Cl)c1. The summed E-state index contributed by atoms with van der Waals surface area (Å²) in [5.74, 6) is 0. The van der Waals surface area contributed by atoms with Crippen molar-refractivity contribution in [1.82, 2.24) is 0 Å². The summed E-state index contributed by atoms with van der Waals surface area (Å²) in [5.41, 5.74) is 1.86. The van der Waals surface area contributed by atoms with Crippen LogP contribution in [0.4, 0.5) is 5.69 Å². The van der Waals surface area contributed by atoms with Crippen molar-refractivity contribution in [3.05, 3.63) is 44.0 Å². The summed E-state index contributed by atoms with van der Waals surface area (Å²) in [4.78, 5) is 0.0705. The van der Waals surface area contributed by atoms with Crippen LogP contribution in [0.3, 0.4) is 0 Å². The van der Waals surface area contributed by atoms with Crippen molar-refractivity contribution in [2.24, 2.45) is 5.14 Å². The van der Waals surface area contributed by atoms with Gasteiger partial charge in [0.05, 0.1) is 9.23 Å². The summed E-state index contributed by atoms with van der Waals surface area (Å²) >= 11 is 10.7. The number of hydrogen-bond acceptors (Lipinski definition) is 4. The molecule has 20 heavy (non-hydrogen) atoms. The molecule has 3 N–H and O–H groups in total. The number of rotatable bonds is 4. The molecule has 0 spiro atoms. The van der Waals surface area contributed by atoms with Crippen LogP contribution in [0, 0.1) is 0 Å². The molecule has 1 aromatic heterocycles.